The van der Waals surface area contributed by atoms with Crippen LogP contribution in [-0.2, 0) is 0 Å². The summed E-state index contributed by atoms with van der Waals surface area (Å²) in [5.74, 6) is -0.00148. The Bertz CT molecular complexity index is 350. The number of carbonyl (C=O) groups is 1. The van der Waals surface area contributed by atoms with Gasteiger partial charge in [-0.15, -0.1) is 0 Å². The fraction of sp³-hybridized carbons (Fsp3) is 0.533. The SMILES string of the molecule is CC.CCC(CCN)NC(=O)c1ccccc1C. The minimum Gasteiger partial charge on any atom is -0.349 e. The van der Waals surface area contributed by atoms with Gasteiger partial charge in [0.2, 0.25) is 0 Å². The first-order valence-electron chi connectivity index (χ1n) is 6.75. The molecule has 18 heavy (non-hydrogen) atoms. The van der Waals surface area contributed by atoms with Crippen LogP contribution in [0, 0.1) is 6.92 Å². The Morgan fingerprint density at radius 1 is 1.33 bits per heavy atom. The third-order valence-electron chi connectivity index (χ3n) is 2.73. The van der Waals surface area contributed by atoms with Crippen LogP contribution in [0.15, 0.2) is 24.3 Å². The van der Waals surface area contributed by atoms with E-state index in [-0.39, 0.29) is 11.9 Å². The predicted octanol–water partition coefficient (Wildman–Crippen LogP) is 2.88. The normalized spacial score (nSPS) is 11.2. The smallest absolute Gasteiger partial charge is 0.251 e. The van der Waals surface area contributed by atoms with Crippen molar-refractivity contribution in [2.24, 2.45) is 5.73 Å². The van der Waals surface area contributed by atoms with Gasteiger partial charge in [-0.05, 0) is 37.9 Å². The van der Waals surface area contributed by atoms with Gasteiger partial charge in [-0.2, -0.15) is 0 Å². The third kappa shape index (κ3) is 5.32. The molecular formula is C15H26N2O. The van der Waals surface area contributed by atoms with E-state index in [0.717, 1.165) is 24.0 Å². The third-order valence-corrected chi connectivity index (χ3v) is 2.73. The summed E-state index contributed by atoms with van der Waals surface area (Å²) in [4.78, 5) is 12.0. The number of carbonyl (C=O) groups excluding carboxylic acids is 1. The summed E-state index contributed by atoms with van der Waals surface area (Å²) in [7, 11) is 0. The highest BCUT2D eigenvalue weighted by atomic mass is 16.1. The van der Waals surface area contributed by atoms with E-state index in [2.05, 4.69) is 12.2 Å². The molecule has 0 radical (unpaired) electrons. The molecule has 1 rings (SSSR count). The summed E-state index contributed by atoms with van der Waals surface area (Å²) in [6, 6.07) is 7.78. The fourth-order valence-electron chi connectivity index (χ4n) is 1.67. The number of hydrogen-bond donors (Lipinski definition) is 2. The fourth-order valence-corrected chi connectivity index (χ4v) is 1.67. The number of aryl methyl sites for hydroxylation is 1. The molecule has 3 heteroatoms. The van der Waals surface area contributed by atoms with E-state index in [4.69, 9.17) is 5.73 Å². The zero-order chi connectivity index (χ0) is 14.0. The first-order valence-corrected chi connectivity index (χ1v) is 6.75. The lowest BCUT2D eigenvalue weighted by Crippen LogP contribution is -2.36. The Hall–Kier alpha value is -1.35. The van der Waals surface area contributed by atoms with E-state index in [1.165, 1.54) is 0 Å². The van der Waals surface area contributed by atoms with E-state index in [1.807, 2.05) is 45.0 Å². The first kappa shape index (κ1) is 16.6. The zero-order valence-corrected chi connectivity index (χ0v) is 12.0. The summed E-state index contributed by atoms with van der Waals surface area (Å²) in [5, 5.41) is 3.01. The number of amides is 1. The van der Waals surface area contributed by atoms with Gasteiger partial charge in [-0.3, -0.25) is 4.79 Å². The molecule has 0 fully saturated rings. The number of nitrogens with one attached hydrogen (secondary N) is 1. The second kappa shape index (κ2) is 9.66. The molecule has 0 aliphatic carbocycles. The molecule has 1 aromatic rings. The van der Waals surface area contributed by atoms with Gasteiger partial charge in [0, 0.05) is 11.6 Å². The average molecular weight is 250 g/mol. The minimum absolute atomic E-state index is 0.00148. The van der Waals surface area contributed by atoms with Crippen LogP contribution in [0.1, 0.15) is 49.5 Å². The van der Waals surface area contributed by atoms with Crippen molar-refractivity contribution in [3.63, 3.8) is 0 Å². The second-order valence-corrected chi connectivity index (χ2v) is 3.97. The molecule has 1 unspecified atom stereocenters. The van der Waals surface area contributed by atoms with E-state index in [1.54, 1.807) is 0 Å². The second-order valence-electron chi connectivity index (χ2n) is 3.97. The summed E-state index contributed by atoms with van der Waals surface area (Å²) in [6.07, 6.45) is 1.74. The topological polar surface area (TPSA) is 55.1 Å². The molecule has 0 saturated carbocycles. The van der Waals surface area contributed by atoms with Gasteiger partial charge < -0.3 is 11.1 Å². The molecule has 1 atom stereocenters. The predicted molar refractivity (Wildman–Crippen MR) is 77.7 cm³/mol. The van der Waals surface area contributed by atoms with Gasteiger partial charge in [0.15, 0.2) is 0 Å². The largest absolute Gasteiger partial charge is 0.349 e. The molecule has 3 nitrogen and oxygen atoms in total. The van der Waals surface area contributed by atoms with Crippen molar-refractivity contribution in [3.8, 4) is 0 Å². The van der Waals surface area contributed by atoms with Crippen LogP contribution in [0.2, 0.25) is 0 Å². The van der Waals surface area contributed by atoms with Crippen LogP contribution < -0.4 is 11.1 Å². The van der Waals surface area contributed by atoms with Gasteiger partial charge in [-0.1, -0.05) is 39.0 Å². The molecule has 0 aliphatic heterocycles. The van der Waals surface area contributed by atoms with Gasteiger partial charge in [0.1, 0.15) is 0 Å². The average Bonchev–Trinajstić information content (AvgIpc) is 2.41. The highest BCUT2D eigenvalue weighted by Gasteiger charge is 2.12. The van der Waals surface area contributed by atoms with Gasteiger partial charge >= 0.3 is 0 Å². The zero-order valence-electron chi connectivity index (χ0n) is 12.0. The lowest BCUT2D eigenvalue weighted by atomic mass is 10.1. The maximum absolute atomic E-state index is 12.0. The molecule has 0 heterocycles. The number of benzene rings is 1. The molecule has 3 N–H and O–H groups in total. The van der Waals surface area contributed by atoms with Crippen molar-refractivity contribution in [2.75, 3.05) is 6.54 Å². The van der Waals surface area contributed by atoms with Crippen molar-refractivity contribution in [2.45, 2.75) is 46.6 Å². The summed E-state index contributed by atoms with van der Waals surface area (Å²) in [6.45, 7) is 8.60. The van der Waals surface area contributed by atoms with Gasteiger partial charge in [0.05, 0.1) is 0 Å². The Balaban J connectivity index is 0.00000137. The number of nitrogens with two attached hydrogens (primary N) is 1. The number of hydrogen-bond acceptors (Lipinski definition) is 2. The monoisotopic (exact) mass is 250 g/mol. The summed E-state index contributed by atoms with van der Waals surface area (Å²) >= 11 is 0. The highest BCUT2D eigenvalue weighted by Crippen LogP contribution is 2.08. The lowest BCUT2D eigenvalue weighted by molar-refractivity contribution is 0.0934. The van der Waals surface area contributed by atoms with E-state index < -0.39 is 0 Å². The van der Waals surface area contributed by atoms with Crippen LogP contribution >= 0.6 is 0 Å². The number of rotatable bonds is 5. The van der Waals surface area contributed by atoms with Crippen molar-refractivity contribution in [3.05, 3.63) is 35.4 Å². The molecule has 0 bridgehead atoms. The van der Waals surface area contributed by atoms with Crippen LogP contribution in [0.25, 0.3) is 0 Å². The maximum Gasteiger partial charge on any atom is 0.251 e. The first-order chi connectivity index (χ1) is 8.69. The van der Waals surface area contributed by atoms with Gasteiger partial charge in [0.25, 0.3) is 5.91 Å². The van der Waals surface area contributed by atoms with E-state index in [9.17, 15) is 4.79 Å². The van der Waals surface area contributed by atoms with Crippen LogP contribution in [0.4, 0.5) is 0 Å². The van der Waals surface area contributed by atoms with Crippen molar-refractivity contribution < 1.29 is 4.79 Å². The van der Waals surface area contributed by atoms with Crippen LogP contribution in [0.5, 0.6) is 0 Å². The summed E-state index contributed by atoms with van der Waals surface area (Å²) < 4.78 is 0. The Kier molecular flexibility index (Phi) is 8.93. The Morgan fingerprint density at radius 3 is 2.44 bits per heavy atom. The lowest BCUT2D eigenvalue weighted by Gasteiger charge is -2.16. The highest BCUT2D eigenvalue weighted by molar-refractivity contribution is 5.95. The van der Waals surface area contributed by atoms with Gasteiger partial charge in [-0.25, -0.2) is 0 Å². The molecule has 1 aromatic carbocycles. The summed E-state index contributed by atoms with van der Waals surface area (Å²) in [5.41, 5.74) is 7.25. The quantitative estimate of drug-likeness (QED) is 0.844. The van der Waals surface area contributed by atoms with Crippen LogP contribution in [-0.4, -0.2) is 18.5 Å². The van der Waals surface area contributed by atoms with E-state index in [0.29, 0.717) is 6.54 Å². The molecule has 1 amide bonds. The van der Waals surface area contributed by atoms with Crippen molar-refractivity contribution in [1.82, 2.24) is 5.32 Å². The Labute approximate surface area is 111 Å². The minimum atomic E-state index is -0.00148. The van der Waals surface area contributed by atoms with Crippen LogP contribution in [0.3, 0.4) is 0 Å². The molecule has 0 aliphatic rings. The van der Waals surface area contributed by atoms with Crippen molar-refractivity contribution >= 4 is 5.91 Å². The molecule has 0 spiro atoms. The van der Waals surface area contributed by atoms with E-state index >= 15 is 0 Å². The molecular weight excluding hydrogens is 224 g/mol. The molecule has 0 aromatic heterocycles. The maximum atomic E-state index is 12.0. The molecule has 102 valence electrons. The Morgan fingerprint density at radius 2 is 1.94 bits per heavy atom. The molecule has 0 saturated heterocycles. The van der Waals surface area contributed by atoms with Crippen molar-refractivity contribution in [1.29, 1.82) is 0 Å². The standard InChI is InChI=1S/C13H20N2O.C2H6/c1-3-11(8-9-14)15-13(16)12-7-5-4-6-10(12)2;1-2/h4-7,11H,3,8-9,14H2,1-2H3,(H,15,16);1-2H3.